The van der Waals surface area contributed by atoms with E-state index >= 15 is 0 Å². The van der Waals surface area contributed by atoms with Crippen LogP contribution in [0.4, 0.5) is 8.78 Å². The molecule has 0 unspecified atom stereocenters. The number of aldehydes is 2. The Hall–Kier alpha value is -4.47. The number of hydrogen-bond donors (Lipinski definition) is 0. The average Bonchev–Trinajstić information content (AvgIpc) is 2.99. The molecule has 0 radical (unpaired) electrons. The standard InChI is InChI=1S/C18H15FO2.C9H5FO.C9H11IO/c1-3-21-18-9-5-14(10-13(18)2)4-6-15-11-17(19)8-7-16(15)12-20;1-2-7-5-9(10)4-3-8(7)6-11;1-3-11-9-5-4-8(10)6-7(9)2/h5,7-12H,3H2,1-2H3;1,3-6H;4-6H,3H2,1-2H3. The lowest BCUT2D eigenvalue weighted by molar-refractivity contribution is 0.111. The van der Waals surface area contributed by atoms with Gasteiger partial charge in [-0.05, 0) is 134 Å². The Balaban J connectivity index is 0.000000247. The molecule has 220 valence electrons. The lowest BCUT2D eigenvalue weighted by Gasteiger charge is -2.06. The second-order valence-electron chi connectivity index (χ2n) is 8.85. The fraction of sp³-hybridized carbons (Fsp3) is 0.167. The zero-order chi connectivity index (χ0) is 31.8. The predicted molar refractivity (Wildman–Crippen MR) is 175 cm³/mol. The molecule has 0 aliphatic rings. The Morgan fingerprint density at radius 3 is 1.72 bits per heavy atom. The third-order valence-electron chi connectivity index (χ3n) is 5.69. The summed E-state index contributed by atoms with van der Waals surface area (Å²) < 4.78 is 37.8. The molecule has 0 heterocycles. The maximum Gasteiger partial charge on any atom is 0.151 e. The van der Waals surface area contributed by atoms with Crippen molar-refractivity contribution in [2.24, 2.45) is 0 Å². The molecule has 0 fully saturated rings. The van der Waals surface area contributed by atoms with Crippen LogP contribution in [0.3, 0.4) is 0 Å². The monoisotopic (exact) mass is 692 g/mol. The Labute approximate surface area is 265 Å². The van der Waals surface area contributed by atoms with Crippen LogP contribution in [0.5, 0.6) is 11.5 Å². The lowest BCUT2D eigenvalue weighted by atomic mass is 10.1. The molecule has 0 saturated heterocycles. The number of halogens is 3. The van der Waals surface area contributed by atoms with Crippen molar-refractivity contribution in [1.82, 2.24) is 0 Å². The van der Waals surface area contributed by atoms with Gasteiger partial charge in [-0.25, -0.2) is 8.78 Å². The Bertz CT molecular complexity index is 1660. The minimum Gasteiger partial charge on any atom is -0.494 e. The molecule has 0 atom stereocenters. The number of aryl methyl sites for hydroxylation is 2. The van der Waals surface area contributed by atoms with Gasteiger partial charge in [0.25, 0.3) is 0 Å². The van der Waals surface area contributed by atoms with E-state index in [2.05, 4.69) is 59.4 Å². The van der Waals surface area contributed by atoms with Crippen LogP contribution in [0.2, 0.25) is 0 Å². The summed E-state index contributed by atoms with van der Waals surface area (Å²) in [5.41, 5.74) is 4.38. The maximum atomic E-state index is 13.2. The van der Waals surface area contributed by atoms with Gasteiger partial charge in [-0.15, -0.1) is 6.42 Å². The van der Waals surface area contributed by atoms with Gasteiger partial charge < -0.3 is 9.47 Å². The molecule has 4 aromatic carbocycles. The third-order valence-corrected chi connectivity index (χ3v) is 6.36. The van der Waals surface area contributed by atoms with Crippen molar-refractivity contribution in [2.45, 2.75) is 27.7 Å². The summed E-state index contributed by atoms with van der Waals surface area (Å²) in [5, 5.41) is 0. The second-order valence-corrected chi connectivity index (χ2v) is 10.1. The van der Waals surface area contributed by atoms with Crippen LogP contribution in [0.25, 0.3) is 0 Å². The van der Waals surface area contributed by atoms with E-state index in [0.29, 0.717) is 41.4 Å². The van der Waals surface area contributed by atoms with Crippen molar-refractivity contribution >= 4 is 35.2 Å². The molecule has 0 aliphatic heterocycles. The highest BCUT2D eigenvalue weighted by Gasteiger charge is 2.02. The first-order valence-electron chi connectivity index (χ1n) is 13.3. The Morgan fingerprint density at radius 1 is 0.721 bits per heavy atom. The Morgan fingerprint density at radius 2 is 1.23 bits per heavy atom. The van der Waals surface area contributed by atoms with Gasteiger partial charge >= 0.3 is 0 Å². The number of carbonyl (C=O) groups is 2. The molecule has 4 nitrogen and oxygen atoms in total. The highest BCUT2D eigenvalue weighted by molar-refractivity contribution is 14.1. The second kappa shape index (κ2) is 18.1. The number of ether oxygens (including phenoxy) is 2. The van der Waals surface area contributed by atoms with Crippen molar-refractivity contribution in [1.29, 1.82) is 0 Å². The molecule has 0 aromatic heterocycles. The van der Waals surface area contributed by atoms with E-state index in [1.807, 2.05) is 45.0 Å². The van der Waals surface area contributed by atoms with Crippen molar-refractivity contribution in [3.8, 4) is 35.7 Å². The number of rotatable bonds is 6. The van der Waals surface area contributed by atoms with Gasteiger partial charge in [0.1, 0.15) is 23.1 Å². The SMILES string of the molecule is C#Cc1cc(F)ccc1C=O.CCOc1ccc(C#Cc2cc(F)ccc2C=O)cc1C.CCOc1ccc(I)cc1C. The summed E-state index contributed by atoms with van der Waals surface area (Å²) in [7, 11) is 0. The van der Waals surface area contributed by atoms with Gasteiger partial charge in [0.2, 0.25) is 0 Å². The van der Waals surface area contributed by atoms with Gasteiger partial charge in [0.15, 0.2) is 12.6 Å². The first kappa shape index (κ1) is 34.7. The summed E-state index contributed by atoms with van der Waals surface area (Å²) in [6.45, 7) is 9.27. The molecule has 0 spiro atoms. The fourth-order valence-corrected chi connectivity index (χ4v) is 4.26. The van der Waals surface area contributed by atoms with E-state index in [4.69, 9.17) is 15.9 Å². The van der Waals surface area contributed by atoms with Crippen LogP contribution < -0.4 is 9.47 Å². The molecule has 0 saturated carbocycles. The minimum absolute atomic E-state index is 0.292. The smallest absolute Gasteiger partial charge is 0.151 e. The lowest BCUT2D eigenvalue weighted by Crippen LogP contribution is -1.94. The topological polar surface area (TPSA) is 52.6 Å². The normalized spacial score (nSPS) is 9.44. The molecule has 0 amide bonds. The van der Waals surface area contributed by atoms with Crippen molar-refractivity contribution in [2.75, 3.05) is 13.2 Å². The van der Waals surface area contributed by atoms with Crippen LogP contribution in [0, 0.1) is 53.2 Å². The van der Waals surface area contributed by atoms with Crippen LogP contribution in [0.1, 0.15) is 62.4 Å². The molecular weight excluding hydrogens is 661 g/mol. The van der Waals surface area contributed by atoms with Crippen LogP contribution >= 0.6 is 22.6 Å². The van der Waals surface area contributed by atoms with Gasteiger partial charge in [0, 0.05) is 31.4 Å². The van der Waals surface area contributed by atoms with Crippen molar-refractivity contribution in [3.63, 3.8) is 0 Å². The first-order valence-corrected chi connectivity index (χ1v) is 14.3. The summed E-state index contributed by atoms with van der Waals surface area (Å²) in [6, 6.07) is 19.4. The zero-order valence-electron chi connectivity index (χ0n) is 24.3. The molecule has 4 aromatic rings. The van der Waals surface area contributed by atoms with Gasteiger partial charge in [-0.2, -0.15) is 0 Å². The van der Waals surface area contributed by atoms with Gasteiger partial charge in [-0.3, -0.25) is 9.59 Å². The van der Waals surface area contributed by atoms with Crippen molar-refractivity contribution < 1.29 is 27.8 Å². The molecule has 0 N–H and O–H groups in total. The first-order chi connectivity index (χ1) is 20.6. The number of benzene rings is 4. The quantitative estimate of drug-likeness (QED) is 0.116. The van der Waals surface area contributed by atoms with Crippen LogP contribution in [-0.2, 0) is 0 Å². The predicted octanol–water partition coefficient (Wildman–Crippen LogP) is 8.36. The zero-order valence-corrected chi connectivity index (χ0v) is 26.5. The number of hydrogen-bond acceptors (Lipinski definition) is 4. The molecular formula is C36H31F2IO4. The van der Waals surface area contributed by atoms with E-state index in [9.17, 15) is 18.4 Å². The summed E-state index contributed by atoms with van der Waals surface area (Å²) in [6.07, 6.45) is 6.30. The number of terminal acetylenes is 1. The Kier molecular flexibility index (Phi) is 14.7. The van der Waals surface area contributed by atoms with Crippen molar-refractivity contribution in [3.05, 3.63) is 127 Å². The van der Waals surface area contributed by atoms with Crippen LogP contribution in [-0.4, -0.2) is 25.8 Å². The van der Waals surface area contributed by atoms with E-state index in [0.717, 1.165) is 35.3 Å². The third kappa shape index (κ3) is 11.4. The summed E-state index contributed by atoms with van der Waals surface area (Å²) in [4.78, 5) is 21.2. The summed E-state index contributed by atoms with van der Waals surface area (Å²) >= 11 is 2.29. The largest absolute Gasteiger partial charge is 0.494 e. The van der Waals surface area contributed by atoms with Gasteiger partial charge in [0.05, 0.1) is 13.2 Å². The molecule has 0 aliphatic carbocycles. The summed E-state index contributed by atoms with van der Waals surface area (Å²) in [5.74, 6) is 8.97. The van der Waals surface area contributed by atoms with Gasteiger partial charge in [-0.1, -0.05) is 17.8 Å². The molecule has 43 heavy (non-hydrogen) atoms. The van der Waals surface area contributed by atoms with E-state index in [1.54, 1.807) is 0 Å². The minimum atomic E-state index is -0.427. The maximum absolute atomic E-state index is 13.2. The highest BCUT2D eigenvalue weighted by Crippen LogP contribution is 2.20. The van der Waals surface area contributed by atoms with E-state index in [-0.39, 0.29) is 0 Å². The molecule has 4 rings (SSSR count). The number of carbonyl (C=O) groups excluding carboxylic acids is 2. The molecule has 7 heteroatoms. The molecule has 0 bridgehead atoms. The van der Waals surface area contributed by atoms with Crippen LogP contribution in [0.15, 0.2) is 72.8 Å². The average molecular weight is 693 g/mol. The highest BCUT2D eigenvalue weighted by atomic mass is 127. The fourth-order valence-electron chi connectivity index (χ4n) is 3.61. The van der Waals surface area contributed by atoms with E-state index < -0.39 is 11.6 Å². The van der Waals surface area contributed by atoms with E-state index in [1.165, 1.54) is 39.5 Å².